The Kier molecular flexibility index (Phi) is 2.81. The average molecular weight is 222 g/mol. The maximum absolute atomic E-state index is 5.50. The van der Waals surface area contributed by atoms with Crippen LogP contribution < -0.4 is 11.1 Å². The fourth-order valence-electron chi connectivity index (χ4n) is 1.77. The monoisotopic (exact) mass is 222 g/mol. The number of nitrogens with two attached hydrogens (primary N) is 1. The molecule has 0 bridgehead atoms. The van der Waals surface area contributed by atoms with Gasteiger partial charge in [-0.15, -0.1) is 0 Å². The van der Waals surface area contributed by atoms with Crippen LogP contribution in [0.1, 0.15) is 25.5 Å². The Labute approximate surface area is 94.3 Å². The van der Waals surface area contributed by atoms with Gasteiger partial charge in [-0.05, 0) is 24.8 Å². The highest BCUT2D eigenvalue weighted by Crippen LogP contribution is 2.28. The summed E-state index contributed by atoms with van der Waals surface area (Å²) in [5.74, 6) is 1.43. The first-order valence-corrected chi connectivity index (χ1v) is 5.45. The minimum absolute atomic E-state index is 0.308. The summed E-state index contributed by atoms with van der Waals surface area (Å²) in [6.45, 7) is 2.24. The number of rotatable bonds is 3. The molecule has 0 atom stereocenters. The molecule has 0 amide bonds. The first-order valence-electron chi connectivity index (χ1n) is 5.04. The van der Waals surface area contributed by atoms with Gasteiger partial charge in [-0.2, -0.15) is 0 Å². The highest BCUT2D eigenvalue weighted by molar-refractivity contribution is 7.80. The molecule has 1 heterocycles. The van der Waals surface area contributed by atoms with E-state index in [1.807, 2.05) is 0 Å². The van der Waals surface area contributed by atoms with Crippen molar-refractivity contribution in [1.29, 1.82) is 0 Å². The van der Waals surface area contributed by atoms with E-state index in [0.29, 0.717) is 22.7 Å². The third kappa shape index (κ3) is 2.41. The van der Waals surface area contributed by atoms with Crippen LogP contribution in [0.25, 0.3) is 0 Å². The Morgan fingerprint density at radius 3 is 2.93 bits per heavy atom. The van der Waals surface area contributed by atoms with Crippen molar-refractivity contribution in [3.05, 3.63) is 18.0 Å². The Balaban J connectivity index is 2.02. The summed E-state index contributed by atoms with van der Waals surface area (Å²) in [7, 11) is 0. The fourth-order valence-corrected chi connectivity index (χ4v) is 1.88. The van der Waals surface area contributed by atoms with Gasteiger partial charge in [-0.1, -0.05) is 19.1 Å². The Morgan fingerprint density at radius 2 is 2.33 bits per heavy atom. The van der Waals surface area contributed by atoms with E-state index in [4.69, 9.17) is 18.0 Å². The van der Waals surface area contributed by atoms with Crippen molar-refractivity contribution < 1.29 is 0 Å². The molecule has 0 aromatic carbocycles. The first kappa shape index (κ1) is 10.3. The SMILES string of the molecule is CC1CC(Nc2nccc(C(N)=S)n2)C1. The van der Waals surface area contributed by atoms with Gasteiger partial charge in [0.2, 0.25) is 5.95 Å². The average Bonchev–Trinajstić information content (AvgIpc) is 2.16. The maximum atomic E-state index is 5.50. The first-order chi connectivity index (χ1) is 7.15. The van der Waals surface area contributed by atoms with Crippen LogP contribution in [-0.4, -0.2) is 21.0 Å². The van der Waals surface area contributed by atoms with E-state index in [-0.39, 0.29) is 0 Å². The van der Waals surface area contributed by atoms with Gasteiger partial charge in [0, 0.05) is 12.2 Å². The number of aromatic nitrogens is 2. The molecule has 1 aromatic rings. The van der Waals surface area contributed by atoms with E-state index in [2.05, 4.69) is 22.2 Å². The Hall–Kier alpha value is -1.23. The van der Waals surface area contributed by atoms with Crippen LogP contribution in [0.4, 0.5) is 5.95 Å². The lowest BCUT2D eigenvalue weighted by atomic mass is 9.82. The molecule has 0 aliphatic heterocycles. The van der Waals surface area contributed by atoms with E-state index < -0.39 is 0 Å². The van der Waals surface area contributed by atoms with Crippen molar-refractivity contribution in [2.75, 3.05) is 5.32 Å². The van der Waals surface area contributed by atoms with Gasteiger partial charge in [-0.25, -0.2) is 9.97 Å². The molecule has 1 aromatic heterocycles. The lowest BCUT2D eigenvalue weighted by Gasteiger charge is -2.33. The summed E-state index contributed by atoms with van der Waals surface area (Å²) >= 11 is 4.86. The van der Waals surface area contributed by atoms with Crippen molar-refractivity contribution in [2.45, 2.75) is 25.8 Å². The van der Waals surface area contributed by atoms with Crippen molar-refractivity contribution in [3.63, 3.8) is 0 Å². The van der Waals surface area contributed by atoms with Crippen molar-refractivity contribution in [3.8, 4) is 0 Å². The molecule has 3 N–H and O–H groups in total. The second-order valence-corrected chi connectivity index (χ2v) is 4.49. The minimum atomic E-state index is 0.308. The van der Waals surface area contributed by atoms with Gasteiger partial charge >= 0.3 is 0 Å². The highest BCUT2D eigenvalue weighted by Gasteiger charge is 2.25. The van der Waals surface area contributed by atoms with E-state index in [1.54, 1.807) is 12.3 Å². The molecule has 0 radical (unpaired) electrons. The standard InChI is InChI=1S/C10H14N4S/c1-6-4-7(5-6)13-10-12-3-2-8(14-10)9(11)15/h2-3,6-7H,4-5H2,1H3,(H2,11,15)(H,12,13,14). The van der Waals surface area contributed by atoms with Crippen LogP contribution >= 0.6 is 12.2 Å². The van der Waals surface area contributed by atoms with E-state index in [1.165, 1.54) is 12.8 Å². The van der Waals surface area contributed by atoms with Crippen LogP contribution in [0.2, 0.25) is 0 Å². The summed E-state index contributed by atoms with van der Waals surface area (Å²) in [4.78, 5) is 8.67. The predicted octanol–water partition coefficient (Wildman–Crippen LogP) is 1.32. The lowest BCUT2D eigenvalue weighted by molar-refractivity contribution is 0.308. The number of nitrogens with zero attached hydrogens (tertiary/aromatic N) is 2. The number of thiocarbonyl (C=S) groups is 1. The molecule has 2 rings (SSSR count). The maximum Gasteiger partial charge on any atom is 0.223 e. The Bertz CT molecular complexity index is 373. The number of hydrogen-bond acceptors (Lipinski definition) is 4. The third-order valence-electron chi connectivity index (χ3n) is 2.62. The summed E-state index contributed by atoms with van der Waals surface area (Å²) < 4.78 is 0. The lowest BCUT2D eigenvalue weighted by Crippen LogP contribution is -2.34. The smallest absolute Gasteiger partial charge is 0.223 e. The van der Waals surface area contributed by atoms with Crippen LogP contribution in [0.15, 0.2) is 12.3 Å². The minimum Gasteiger partial charge on any atom is -0.388 e. The zero-order valence-corrected chi connectivity index (χ0v) is 9.42. The number of anilines is 1. The summed E-state index contributed by atoms with van der Waals surface area (Å²) in [5, 5.41) is 3.27. The van der Waals surface area contributed by atoms with Gasteiger partial charge in [0.25, 0.3) is 0 Å². The van der Waals surface area contributed by atoms with Crippen molar-refractivity contribution in [1.82, 2.24) is 9.97 Å². The quantitative estimate of drug-likeness (QED) is 0.755. The molecule has 15 heavy (non-hydrogen) atoms. The number of hydrogen-bond donors (Lipinski definition) is 2. The van der Waals surface area contributed by atoms with Crippen molar-refractivity contribution >= 4 is 23.2 Å². The largest absolute Gasteiger partial charge is 0.388 e. The molecular weight excluding hydrogens is 208 g/mol. The third-order valence-corrected chi connectivity index (χ3v) is 2.82. The second-order valence-electron chi connectivity index (χ2n) is 4.05. The zero-order chi connectivity index (χ0) is 10.8. The molecule has 0 saturated heterocycles. The van der Waals surface area contributed by atoms with Gasteiger partial charge in [0.15, 0.2) is 0 Å². The highest BCUT2D eigenvalue weighted by atomic mass is 32.1. The molecule has 1 fully saturated rings. The van der Waals surface area contributed by atoms with Gasteiger partial charge in [-0.3, -0.25) is 0 Å². The van der Waals surface area contributed by atoms with Crippen LogP contribution in [-0.2, 0) is 0 Å². The topological polar surface area (TPSA) is 63.8 Å². The molecule has 0 spiro atoms. The molecule has 80 valence electrons. The van der Waals surface area contributed by atoms with Crippen LogP contribution in [0.5, 0.6) is 0 Å². The molecule has 0 unspecified atom stereocenters. The molecule has 4 nitrogen and oxygen atoms in total. The summed E-state index contributed by atoms with van der Waals surface area (Å²) in [6.07, 6.45) is 4.03. The van der Waals surface area contributed by atoms with E-state index in [9.17, 15) is 0 Å². The number of nitrogens with one attached hydrogen (secondary N) is 1. The van der Waals surface area contributed by atoms with E-state index in [0.717, 1.165) is 5.92 Å². The van der Waals surface area contributed by atoms with Gasteiger partial charge < -0.3 is 11.1 Å². The summed E-state index contributed by atoms with van der Waals surface area (Å²) in [6, 6.07) is 2.22. The molecule has 5 heteroatoms. The molecule has 1 aliphatic rings. The molecular formula is C10H14N4S. The van der Waals surface area contributed by atoms with Gasteiger partial charge in [0.05, 0.1) is 0 Å². The van der Waals surface area contributed by atoms with Crippen LogP contribution in [0, 0.1) is 5.92 Å². The fraction of sp³-hybridized carbons (Fsp3) is 0.500. The Morgan fingerprint density at radius 1 is 1.60 bits per heavy atom. The molecule has 1 aliphatic carbocycles. The van der Waals surface area contributed by atoms with Gasteiger partial charge in [0.1, 0.15) is 10.7 Å². The summed E-state index contributed by atoms with van der Waals surface area (Å²) in [5.41, 5.74) is 6.12. The molecule has 1 saturated carbocycles. The van der Waals surface area contributed by atoms with Crippen molar-refractivity contribution in [2.24, 2.45) is 11.7 Å². The zero-order valence-electron chi connectivity index (χ0n) is 8.60. The predicted molar refractivity (Wildman–Crippen MR) is 63.7 cm³/mol. The second kappa shape index (κ2) is 4.10. The van der Waals surface area contributed by atoms with E-state index >= 15 is 0 Å². The normalized spacial score (nSPS) is 24.3. The van der Waals surface area contributed by atoms with Crippen LogP contribution in [0.3, 0.4) is 0 Å².